The number of carbonyl (C=O) groups is 3. The lowest BCUT2D eigenvalue weighted by molar-refractivity contribution is -0.167. The third-order valence-corrected chi connectivity index (χ3v) is 9.65. The molecule has 0 aliphatic heterocycles. The monoisotopic (exact) mass is 709 g/mol. The third-order valence-electron chi connectivity index (χ3n) is 9.65. The third kappa shape index (κ3) is 37.7. The lowest BCUT2D eigenvalue weighted by Gasteiger charge is -2.18. The van der Waals surface area contributed by atoms with Crippen molar-refractivity contribution in [2.75, 3.05) is 13.2 Å². The zero-order valence-electron chi connectivity index (χ0n) is 34.2. The Morgan fingerprint density at radius 2 is 0.580 bits per heavy atom. The molecule has 0 spiro atoms. The van der Waals surface area contributed by atoms with Gasteiger partial charge in [0.2, 0.25) is 0 Å². The molecule has 0 saturated heterocycles. The molecule has 0 bridgehead atoms. The molecule has 0 rings (SSSR count). The number of carbonyl (C=O) groups excluding carboxylic acids is 3. The molecule has 1 atom stereocenters. The van der Waals surface area contributed by atoms with E-state index in [0.29, 0.717) is 19.3 Å². The summed E-state index contributed by atoms with van der Waals surface area (Å²) in [6.07, 6.45) is 31.1. The Hall–Kier alpha value is -1.59. The molecule has 0 aromatic carbocycles. The number of rotatable bonds is 37. The molecule has 6 nitrogen and oxygen atoms in total. The predicted molar refractivity (Wildman–Crippen MR) is 210 cm³/mol. The van der Waals surface area contributed by atoms with Gasteiger partial charge in [-0.05, 0) is 37.0 Å². The fourth-order valence-corrected chi connectivity index (χ4v) is 6.35. The summed E-state index contributed by atoms with van der Waals surface area (Å²) in [6, 6.07) is 0. The van der Waals surface area contributed by atoms with Crippen LogP contribution in [0.25, 0.3) is 0 Å². The maximum Gasteiger partial charge on any atom is 0.306 e. The van der Waals surface area contributed by atoms with Crippen molar-refractivity contribution < 1.29 is 28.6 Å². The van der Waals surface area contributed by atoms with Crippen LogP contribution < -0.4 is 0 Å². The van der Waals surface area contributed by atoms with Crippen molar-refractivity contribution in [3.63, 3.8) is 0 Å². The van der Waals surface area contributed by atoms with E-state index in [1.165, 1.54) is 109 Å². The van der Waals surface area contributed by atoms with E-state index in [1.54, 1.807) is 0 Å². The number of esters is 3. The molecule has 50 heavy (non-hydrogen) atoms. The number of unbranched alkanes of at least 4 members (excludes halogenated alkanes) is 20. The first-order valence-electron chi connectivity index (χ1n) is 21.6. The first-order valence-corrected chi connectivity index (χ1v) is 21.6. The Bertz CT molecular complexity index is 776. The van der Waals surface area contributed by atoms with Crippen LogP contribution in [0.1, 0.15) is 228 Å². The molecule has 0 unspecified atom stereocenters. The van der Waals surface area contributed by atoms with Gasteiger partial charge in [0, 0.05) is 19.3 Å². The second kappa shape index (κ2) is 35.8. The number of hydrogen-bond acceptors (Lipinski definition) is 6. The van der Waals surface area contributed by atoms with E-state index in [9.17, 15) is 14.4 Å². The Morgan fingerprint density at radius 3 is 0.860 bits per heavy atom. The summed E-state index contributed by atoms with van der Waals surface area (Å²) in [4.78, 5) is 37.6. The molecule has 0 radical (unpaired) electrons. The average Bonchev–Trinajstić information content (AvgIpc) is 3.06. The van der Waals surface area contributed by atoms with Gasteiger partial charge in [0.05, 0.1) is 0 Å². The van der Waals surface area contributed by atoms with E-state index < -0.39 is 6.10 Å². The van der Waals surface area contributed by atoms with Gasteiger partial charge in [-0.15, -0.1) is 0 Å². The van der Waals surface area contributed by atoms with Crippen molar-refractivity contribution in [3.8, 4) is 0 Å². The lowest BCUT2D eigenvalue weighted by atomic mass is 10.0. The fraction of sp³-hybridized carbons (Fsp3) is 0.932. The summed E-state index contributed by atoms with van der Waals surface area (Å²) in [7, 11) is 0. The van der Waals surface area contributed by atoms with Crippen molar-refractivity contribution in [2.45, 2.75) is 234 Å². The van der Waals surface area contributed by atoms with Crippen LogP contribution in [0.2, 0.25) is 0 Å². The highest BCUT2D eigenvalue weighted by Crippen LogP contribution is 2.16. The Balaban J connectivity index is 4.35. The standard InChI is InChI=1S/C44H84O6/c1-38(2)30-24-18-12-8-7-9-15-21-27-33-42(45)48-36-41(50-44(47)35-29-23-17-11-14-20-26-32-40(5)6)37-49-43(46)34-28-22-16-10-13-19-25-31-39(3)4/h38-41H,7-37H2,1-6H3/t41-/m1/s1. The topological polar surface area (TPSA) is 78.9 Å². The Kier molecular flexibility index (Phi) is 34.7. The first kappa shape index (κ1) is 48.4. The van der Waals surface area contributed by atoms with Gasteiger partial charge >= 0.3 is 17.9 Å². The molecule has 0 aromatic heterocycles. The fourth-order valence-electron chi connectivity index (χ4n) is 6.35. The van der Waals surface area contributed by atoms with Gasteiger partial charge in [0.25, 0.3) is 0 Å². The van der Waals surface area contributed by atoms with Crippen LogP contribution in [0.15, 0.2) is 0 Å². The molecule has 0 aliphatic carbocycles. The molecular formula is C44H84O6. The van der Waals surface area contributed by atoms with E-state index in [-0.39, 0.29) is 31.1 Å². The highest BCUT2D eigenvalue weighted by atomic mass is 16.6. The molecule has 0 amide bonds. The second-order valence-electron chi connectivity index (χ2n) is 16.4. The summed E-state index contributed by atoms with van der Waals surface area (Å²) < 4.78 is 16.7. The van der Waals surface area contributed by atoms with Crippen molar-refractivity contribution in [1.82, 2.24) is 0 Å². The second-order valence-corrected chi connectivity index (χ2v) is 16.4. The number of ether oxygens (including phenoxy) is 3. The lowest BCUT2D eigenvalue weighted by Crippen LogP contribution is -2.30. The Labute approximate surface area is 310 Å². The van der Waals surface area contributed by atoms with Gasteiger partial charge in [-0.3, -0.25) is 14.4 Å². The SMILES string of the molecule is CC(C)CCCCCCCCCCCC(=O)OC[C@H](COC(=O)CCCCCCCCCC(C)C)OC(=O)CCCCCCCCCC(C)C. The van der Waals surface area contributed by atoms with Gasteiger partial charge in [0.15, 0.2) is 6.10 Å². The summed E-state index contributed by atoms with van der Waals surface area (Å²) in [6.45, 7) is 13.5. The van der Waals surface area contributed by atoms with Gasteiger partial charge in [-0.25, -0.2) is 0 Å². The quantitative estimate of drug-likeness (QED) is 0.0363. The van der Waals surface area contributed by atoms with E-state index in [1.807, 2.05) is 0 Å². The van der Waals surface area contributed by atoms with Crippen molar-refractivity contribution in [2.24, 2.45) is 17.8 Å². The van der Waals surface area contributed by atoms with Gasteiger partial charge in [0.1, 0.15) is 13.2 Å². The molecule has 0 N–H and O–H groups in total. The van der Waals surface area contributed by atoms with Gasteiger partial charge < -0.3 is 14.2 Å². The van der Waals surface area contributed by atoms with Crippen LogP contribution >= 0.6 is 0 Å². The van der Waals surface area contributed by atoms with Crippen molar-refractivity contribution >= 4 is 17.9 Å². The van der Waals surface area contributed by atoms with Crippen LogP contribution in [0.5, 0.6) is 0 Å². The zero-order valence-corrected chi connectivity index (χ0v) is 34.2. The van der Waals surface area contributed by atoms with E-state index in [0.717, 1.165) is 75.5 Å². The van der Waals surface area contributed by atoms with E-state index in [2.05, 4.69) is 41.5 Å². The summed E-state index contributed by atoms with van der Waals surface area (Å²) in [5.41, 5.74) is 0. The predicted octanol–water partition coefficient (Wildman–Crippen LogP) is 13.3. The summed E-state index contributed by atoms with van der Waals surface area (Å²) >= 11 is 0. The van der Waals surface area contributed by atoms with Crippen LogP contribution in [0, 0.1) is 17.8 Å². The Morgan fingerprint density at radius 1 is 0.340 bits per heavy atom. The zero-order chi connectivity index (χ0) is 37.1. The van der Waals surface area contributed by atoms with E-state index in [4.69, 9.17) is 14.2 Å². The molecule has 0 aromatic rings. The van der Waals surface area contributed by atoms with Gasteiger partial charge in [-0.1, -0.05) is 189 Å². The van der Waals surface area contributed by atoms with Crippen molar-refractivity contribution in [1.29, 1.82) is 0 Å². The highest BCUT2D eigenvalue weighted by molar-refractivity contribution is 5.71. The van der Waals surface area contributed by atoms with Gasteiger partial charge in [-0.2, -0.15) is 0 Å². The summed E-state index contributed by atoms with van der Waals surface area (Å²) in [5.74, 6) is 1.50. The van der Waals surface area contributed by atoms with Crippen molar-refractivity contribution in [3.05, 3.63) is 0 Å². The minimum absolute atomic E-state index is 0.0676. The first-order chi connectivity index (χ1) is 24.1. The molecule has 0 heterocycles. The number of hydrogen-bond donors (Lipinski definition) is 0. The van der Waals surface area contributed by atoms with Crippen LogP contribution in [0.3, 0.4) is 0 Å². The smallest absolute Gasteiger partial charge is 0.306 e. The minimum atomic E-state index is -0.761. The largest absolute Gasteiger partial charge is 0.462 e. The summed E-state index contributed by atoms with van der Waals surface area (Å²) in [5, 5.41) is 0. The molecule has 0 aliphatic rings. The average molecular weight is 709 g/mol. The molecule has 0 saturated carbocycles. The molecule has 6 heteroatoms. The van der Waals surface area contributed by atoms with Crippen LogP contribution in [-0.2, 0) is 28.6 Å². The van der Waals surface area contributed by atoms with Crippen LogP contribution in [-0.4, -0.2) is 37.2 Å². The maximum absolute atomic E-state index is 12.6. The van der Waals surface area contributed by atoms with Crippen LogP contribution in [0.4, 0.5) is 0 Å². The molecule has 0 fully saturated rings. The minimum Gasteiger partial charge on any atom is -0.462 e. The molecule has 296 valence electrons. The van der Waals surface area contributed by atoms with E-state index >= 15 is 0 Å². The highest BCUT2D eigenvalue weighted by Gasteiger charge is 2.19. The molecular weight excluding hydrogens is 624 g/mol. The maximum atomic E-state index is 12.6. The normalized spacial score (nSPS) is 12.2.